The topological polar surface area (TPSA) is 75.2 Å². The van der Waals surface area contributed by atoms with Crippen LogP contribution < -0.4 is 5.32 Å². The fourth-order valence-electron chi connectivity index (χ4n) is 2.64. The van der Waals surface area contributed by atoms with Gasteiger partial charge in [0, 0.05) is 30.5 Å². The van der Waals surface area contributed by atoms with E-state index in [9.17, 15) is 9.59 Å². The number of hydrogen-bond acceptors (Lipinski definition) is 5. The van der Waals surface area contributed by atoms with Crippen LogP contribution in [0.25, 0.3) is 0 Å². The van der Waals surface area contributed by atoms with Crippen molar-refractivity contribution in [1.82, 2.24) is 15.1 Å². The van der Waals surface area contributed by atoms with Gasteiger partial charge in [-0.3, -0.25) is 9.59 Å². The van der Waals surface area contributed by atoms with Crippen molar-refractivity contribution in [2.45, 2.75) is 32.7 Å². The average Bonchev–Trinajstić information content (AvgIpc) is 3.17. The fraction of sp³-hybridized carbons (Fsp3) is 0.412. The summed E-state index contributed by atoms with van der Waals surface area (Å²) < 4.78 is 0. The van der Waals surface area contributed by atoms with Crippen LogP contribution in [0.1, 0.15) is 36.8 Å². The Hall–Kier alpha value is -1.99. The van der Waals surface area contributed by atoms with Gasteiger partial charge in [0.1, 0.15) is 5.01 Å². The summed E-state index contributed by atoms with van der Waals surface area (Å²) >= 11 is 7.24. The molecular formula is C17H19ClN4O2S. The molecule has 3 rings (SSSR count). The van der Waals surface area contributed by atoms with Crippen LogP contribution >= 0.6 is 22.9 Å². The monoisotopic (exact) mass is 378 g/mol. The summed E-state index contributed by atoms with van der Waals surface area (Å²) in [7, 11) is 0. The molecule has 25 heavy (non-hydrogen) atoms. The largest absolute Gasteiger partial charge is 0.338 e. The van der Waals surface area contributed by atoms with E-state index in [1.807, 2.05) is 26.0 Å². The lowest BCUT2D eigenvalue weighted by Gasteiger charge is -2.16. The molecule has 132 valence electrons. The highest BCUT2D eigenvalue weighted by molar-refractivity contribution is 7.15. The van der Waals surface area contributed by atoms with Crippen molar-refractivity contribution in [2.75, 3.05) is 11.9 Å². The molecule has 1 N–H and O–H groups in total. The van der Waals surface area contributed by atoms with Crippen LogP contribution in [0.3, 0.4) is 0 Å². The van der Waals surface area contributed by atoms with Gasteiger partial charge in [-0.1, -0.05) is 48.9 Å². The van der Waals surface area contributed by atoms with Crippen molar-refractivity contribution in [3.05, 3.63) is 39.9 Å². The molecule has 1 fully saturated rings. The van der Waals surface area contributed by atoms with Crippen molar-refractivity contribution in [1.29, 1.82) is 0 Å². The number of anilines is 1. The van der Waals surface area contributed by atoms with E-state index in [2.05, 4.69) is 15.5 Å². The molecule has 0 bridgehead atoms. The van der Waals surface area contributed by atoms with Crippen molar-refractivity contribution >= 4 is 39.9 Å². The van der Waals surface area contributed by atoms with Gasteiger partial charge in [0.15, 0.2) is 0 Å². The number of rotatable bonds is 5. The maximum Gasteiger partial charge on any atom is 0.231 e. The number of carbonyl (C=O) groups is 2. The first-order valence-electron chi connectivity index (χ1n) is 8.09. The van der Waals surface area contributed by atoms with Gasteiger partial charge in [0.25, 0.3) is 0 Å². The minimum absolute atomic E-state index is 0.0183. The van der Waals surface area contributed by atoms with E-state index in [1.54, 1.807) is 17.0 Å². The quantitative estimate of drug-likeness (QED) is 0.866. The molecule has 1 aliphatic rings. The second kappa shape index (κ2) is 7.49. The fourth-order valence-corrected chi connectivity index (χ4v) is 3.51. The first-order valence-corrected chi connectivity index (χ1v) is 9.28. The molecule has 6 nitrogen and oxygen atoms in total. The second-order valence-corrected chi connectivity index (χ2v) is 7.84. The Morgan fingerprint density at radius 1 is 1.36 bits per heavy atom. The van der Waals surface area contributed by atoms with Crippen LogP contribution in [0.5, 0.6) is 0 Å². The third-order valence-electron chi connectivity index (χ3n) is 4.04. The molecule has 0 aliphatic carbocycles. The van der Waals surface area contributed by atoms with Gasteiger partial charge in [-0.25, -0.2) is 0 Å². The zero-order chi connectivity index (χ0) is 18.0. The highest BCUT2D eigenvalue weighted by atomic mass is 35.5. The molecule has 2 heterocycles. The summed E-state index contributed by atoms with van der Waals surface area (Å²) in [5, 5.41) is 12.8. The molecule has 0 spiro atoms. The third kappa shape index (κ3) is 4.35. The highest BCUT2D eigenvalue weighted by Crippen LogP contribution is 2.25. The Bertz CT molecular complexity index is 775. The van der Waals surface area contributed by atoms with Crippen molar-refractivity contribution < 1.29 is 9.59 Å². The molecule has 8 heteroatoms. The Morgan fingerprint density at radius 3 is 2.72 bits per heavy atom. The van der Waals surface area contributed by atoms with E-state index in [1.165, 1.54) is 11.3 Å². The number of benzene rings is 1. The van der Waals surface area contributed by atoms with Gasteiger partial charge in [-0.2, -0.15) is 0 Å². The smallest absolute Gasteiger partial charge is 0.231 e. The minimum atomic E-state index is -0.369. The van der Waals surface area contributed by atoms with E-state index in [-0.39, 0.29) is 30.1 Å². The molecule has 1 aromatic heterocycles. The summed E-state index contributed by atoms with van der Waals surface area (Å²) in [5.74, 6) is -0.300. The Morgan fingerprint density at radius 2 is 2.08 bits per heavy atom. The zero-order valence-corrected chi connectivity index (χ0v) is 15.6. The normalized spacial score (nSPS) is 17.4. The molecule has 1 atom stereocenters. The molecular weight excluding hydrogens is 360 g/mol. The molecule has 2 aromatic rings. The highest BCUT2D eigenvalue weighted by Gasteiger charge is 2.34. The number of halogens is 1. The van der Waals surface area contributed by atoms with E-state index >= 15 is 0 Å². The number of carbonyl (C=O) groups excluding carboxylic acids is 2. The zero-order valence-electron chi connectivity index (χ0n) is 14.0. The average molecular weight is 379 g/mol. The molecule has 0 saturated carbocycles. The van der Waals surface area contributed by atoms with Gasteiger partial charge >= 0.3 is 0 Å². The van der Waals surface area contributed by atoms with Gasteiger partial charge in [-0.15, -0.1) is 10.2 Å². The molecule has 0 radical (unpaired) electrons. The van der Waals surface area contributed by atoms with E-state index in [0.717, 1.165) is 10.6 Å². The van der Waals surface area contributed by atoms with Crippen molar-refractivity contribution in [3.63, 3.8) is 0 Å². The Kier molecular flexibility index (Phi) is 5.34. The van der Waals surface area contributed by atoms with Gasteiger partial charge in [0.05, 0.1) is 5.92 Å². The molecule has 0 unspecified atom stereocenters. The lowest BCUT2D eigenvalue weighted by atomic mass is 10.1. The minimum Gasteiger partial charge on any atom is -0.338 e. The van der Waals surface area contributed by atoms with Crippen LogP contribution in [0.15, 0.2) is 24.3 Å². The van der Waals surface area contributed by atoms with Gasteiger partial charge < -0.3 is 10.2 Å². The summed E-state index contributed by atoms with van der Waals surface area (Å²) in [6.45, 7) is 4.94. The summed E-state index contributed by atoms with van der Waals surface area (Å²) in [6.07, 6.45) is 0.218. The maximum absolute atomic E-state index is 12.4. The SMILES string of the molecule is CC(C)c1nnc(NC(=O)[C@@H]2CC(=O)N(Cc3ccc(Cl)cc3)C2)s1. The molecule has 1 aromatic carbocycles. The van der Waals surface area contributed by atoms with Crippen molar-refractivity contribution in [3.8, 4) is 0 Å². The number of hydrogen-bond donors (Lipinski definition) is 1. The molecule has 1 aliphatic heterocycles. The summed E-state index contributed by atoms with van der Waals surface area (Å²) in [6, 6.07) is 7.36. The van der Waals surface area contributed by atoms with Crippen LogP contribution in [-0.2, 0) is 16.1 Å². The lowest BCUT2D eigenvalue weighted by Crippen LogP contribution is -2.28. The van der Waals surface area contributed by atoms with Crippen LogP contribution in [0.4, 0.5) is 5.13 Å². The predicted octanol–water partition coefficient (Wildman–Crippen LogP) is 3.30. The standard InChI is InChI=1S/C17H19ClN4O2S/c1-10(2)16-20-21-17(25-16)19-15(24)12-7-14(23)22(9-12)8-11-3-5-13(18)6-4-11/h3-6,10,12H,7-9H2,1-2H3,(H,19,21,24)/t12-/m1/s1. The maximum atomic E-state index is 12.4. The van der Waals surface area contributed by atoms with E-state index < -0.39 is 0 Å². The summed E-state index contributed by atoms with van der Waals surface area (Å²) in [4.78, 5) is 26.3. The number of likely N-dealkylation sites (tertiary alicyclic amines) is 1. The third-order valence-corrected chi connectivity index (χ3v) is 5.43. The van der Waals surface area contributed by atoms with Crippen LogP contribution in [0, 0.1) is 5.92 Å². The number of aromatic nitrogens is 2. The first kappa shape index (κ1) is 17.8. The van der Waals surface area contributed by atoms with E-state index in [4.69, 9.17) is 11.6 Å². The van der Waals surface area contributed by atoms with Gasteiger partial charge in [-0.05, 0) is 17.7 Å². The second-order valence-electron chi connectivity index (χ2n) is 6.39. The summed E-state index contributed by atoms with van der Waals surface area (Å²) in [5.41, 5.74) is 0.990. The van der Waals surface area contributed by atoms with E-state index in [0.29, 0.717) is 23.2 Å². The Balaban J connectivity index is 1.59. The predicted molar refractivity (Wildman–Crippen MR) is 97.6 cm³/mol. The Labute approximate surface area is 155 Å². The molecule has 2 amide bonds. The number of nitrogens with zero attached hydrogens (tertiary/aromatic N) is 3. The van der Waals surface area contributed by atoms with Crippen LogP contribution in [0.2, 0.25) is 5.02 Å². The van der Waals surface area contributed by atoms with Crippen LogP contribution in [-0.4, -0.2) is 33.5 Å². The number of amides is 2. The number of nitrogens with one attached hydrogen (secondary N) is 1. The molecule has 1 saturated heterocycles. The lowest BCUT2D eigenvalue weighted by molar-refractivity contribution is -0.128. The van der Waals surface area contributed by atoms with Gasteiger partial charge in [0.2, 0.25) is 16.9 Å². The van der Waals surface area contributed by atoms with Crippen molar-refractivity contribution in [2.24, 2.45) is 5.92 Å². The first-order chi connectivity index (χ1) is 11.9.